The molecule has 2 rings (SSSR count). The van der Waals surface area contributed by atoms with Gasteiger partial charge in [0.15, 0.2) is 0 Å². The topological polar surface area (TPSA) is 87.2 Å². The fourth-order valence-electron chi connectivity index (χ4n) is 2.41. The van der Waals surface area contributed by atoms with Gasteiger partial charge in [0.1, 0.15) is 0 Å². The lowest BCUT2D eigenvalue weighted by Crippen LogP contribution is -2.51. The maximum atomic E-state index is 12.4. The molecule has 1 atom stereocenters. The molecule has 0 bridgehead atoms. The van der Waals surface area contributed by atoms with Crippen LogP contribution in [0.3, 0.4) is 0 Å². The third kappa shape index (κ3) is 3.95. The van der Waals surface area contributed by atoms with Crippen LogP contribution in [-0.2, 0) is 16.8 Å². The zero-order chi connectivity index (χ0) is 14.4. The molecule has 1 fully saturated rings. The van der Waals surface area contributed by atoms with Crippen LogP contribution in [0.1, 0.15) is 25.0 Å². The summed E-state index contributed by atoms with van der Waals surface area (Å²) in [6.07, 6.45) is 4.44. The Morgan fingerprint density at radius 3 is 3.00 bits per heavy atom. The van der Waals surface area contributed by atoms with Crippen LogP contribution < -0.4 is 10.0 Å². The van der Waals surface area contributed by atoms with E-state index in [1.807, 2.05) is 7.05 Å². The van der Waals surface area contributed by atoms with Crippen LogP contribution in [0, 0.1) is 0 Å². The summed E-state index contributed by atoms with van der Waals surface area (Å²) in [5.41, 5.74) is 0.609. The number of nitrogens with one attached hydrogen (secondary N) is 2. The highest BCUT2D eigenvalue weighted by atomic mass is 32.2. The molecule has 112 valence electrons. The van der Waals surface area contributed by atoms with Gasteiger partial charge in [-0.25, -0.2) is 0 Å². The number of nitrogens with zero attached hydrogens (tertiary/aromatic N) is 3. The van der Waals surface area contributed by atoms with E-state index in [-0.39, 0.29) is 12.6 Å². The van der Waals surface area contributed by atoms with Crippen molar-refractivity contribution in [3.63, 3.8) is 0 Å². The van der Waals surface area contributed by atoms with E-state index in [2.05, 4.69) is 20.2 Å². The Morgan fingerprint density at radius 2 is 2.30 bits per heavy atom. The van der Waals surface area contributed by atoms with Crippen LogP contribution >= 0.6 is 0 Å². The molecule has 1 aliphatic rings. The highest BCUT2D eigenvalue weighted by Gasteiger charge is 2.31. The highest BCUT2D eigenvalue weighted by Crippen LogP contribution is 2.19. The van der Waals surface area contributed by atoms with E-state index in [1.165, 1.54) is 0 Å². The predicted octanol–water partition coefficient (Wildman–Crippen LogP) is -0.115. The molecule has 1 unspecified atom stereocenters. The molecule has 0 aliphatic carbocycles. The van der Waals surface area contributed by atoms with Gasteiger partial charge in [0, 0.05) is 25.3 Å². The van der Waals surface area contributed by atoms with Crippen molar-refractivity contribution in [1.29, 1.82) is 0 Å². The second kappa shape index (κ2) is 7.07. The monoisotopic (exact) mass is 299 g/mol. The third-order valence-corrected chi connectivity index (χ3v) is 4.99. The Balaban J connectivity index is 2.01. The molecule has 2 heterocycles. The highest BCUT2D eigenvalue weighted by molar-refractivity contribution is 7.87. The number of rotatable bonds is 6. The van der Waals surface area contributed by atoms with Crippen molar-refractivity contribution >= 4 is 10.2 Å². The van der Waals surface area contributed by atoms with Gasteiger partial charge in [0.2, 0.25) is 0 Å². The molecule has 8 heteroatoms. The zero-order valence-corrected chi connectivity index (χ0v) is 12.4. The Bertz CT molecular complexity index is 506. The van der Waals surface area contributed by atoms with Gasteiger partial charge in [-0.3, -0.25) is 0 Å². The summed E-state index contributed by atoms with van der Waals surface area (Å²) in [4.78, 5) is 0. The Labute approximate surface area is 120 Å². The predicted molar refractivity (Wildman–Crippen MR) is 76.1 cm³/mol. The third-order valence-electron chi connectivity index (χ3n) is 3.38. The number of aromatic nitrogens is 2. The smallest absolute Gasteiger partial charge is 0.280 e. The molecule has 0 aromatic carbocycles. The van der Waals surface area contributed by atoms with E-state index in [0.29, 0.717) is 18.8 Å². The van der Waals surface area contributed by atoms with Crippen molar-refractivity contribution in [2.75, 3.05) is 20.1 Å². The summed E-state index contributed by atoms with van der Waals surface area (Å²) >= 11 is 0. The minimum atomic E-state index is -3.48. The Kier molecular flexibility index (Phi) is 5.41. The van der Waals surface area contributed by atoms with Gasteiger partial charge < -0.3 is 5.32 Å². The lowest BCUT2D eigenvalue weighted by Gasteiger charge is -2.34. The molecule has 1 aromatic heterocycles. The number of piperidine rings is 1. The molecular weight excluding hydrogens is 278 g/mol. The molecular formula is C12H21N5O2S. The number of hydrogen-bond donors (Lipinski definition) is 2. The van der Waals surface area contributed by atoms with Gasteiger partial charge >= 0.3 is 0 Å². The quantitative estimate of drug-likeness (QED) is 0.765. The van der Waals surface area contributed by atoms with Gasteiger partial charge in [-0.2, -0.15) is 27.6 Å². The summed E-state index contributed by atoms with van der Waals surface area (Å²) in [6.45, 7) is 1.41. The van der Waals surface area contributed by atoms with E-state index >= 15 is 0 Å². The number of likely N-dealkylation sites (N-methyl/N-ethyl adjacent to an activating group) is 1. The van der Waals surface area contributed by atoms with Crippen LogP contribution in [0.2, 0.25) is 0 Å². The molecule has 20 heavy (non-hydrogen) atoms. The second-order valence-corrected chi connectivity index (χ2v) is 6.57. The summed E-state index contributed by atoms with van der Waals surface area (Å²) in [5, 5.41) is 10.7. The van der Waals surface area contributed by atoms with Gasteiger partial charge in [-0.05, 0) is 32.0 Å². The normalized spacial score (nSPS) is 20.9. The van der Waals surface area contributed by atoms with Crippen LogP contribution in [0.15, 0.2) is 18.3 Å². The molecule has 0 saturated carbocycles. The van der Waals surface area contributed by atoms with Crippen LogP contribution in [-0.4, -0.2) is 49.1 Å². The molecule has 1 aromatic rings. The van der Waals surface area contributed by atoms with Gasteiger partial charge in [-0.1, -0.05) is 6.42 Å². The van der Waals surface area contributed by atoms with Crippen molar-refractivity contribution < 1.29 is 8.42 Å². The zero-order valence-electron chi connectivity index (χ0n) is 11.6. The largest absolute Gasteiger partial charge is 0.318 e. The summed E-state index contributed by atoms with van der Waals surface area (Å²) in [7, 11) is -1.64. The minimum absolute atomic E-state index is 0.0214. The van der Waals surface area contributed by atoms with Crippen molar-refractivity contribution in [3.8, 4) is 0 Å². The molecule has 2 N–H and O–H groups in total. The molecule has 0 spiro atoms. The first-order valence-corrected chi connectivity index (χ1v) is 8.25. The first kappa shape index (κ1) is 15.3. The van der Waals surface area contributed by atoms with E-state index in [4.69, 9.17) is 0 Å². The van der Waals surface area contributed by atoms with Crippen molar-refractivity contribution in [1.82, 2.24) is 24.5 Å². The average molecular weight is 299 g/mol. The van der Waals surface area contributed by atoms with Gasteiger partial charge in [0.05, 0.1) is 12.2 Å². The number of hydrogen-bond acceptors (Lipinski definition) is 5. The molecule has 0 amide bonds. The maximum absolute atomic E-state index is 12.4. The SMILES string of the molecule is CNCC1CCCCN1S(=O)(=O)NCc1cccnn1. The van der Waals surface area contributed by atoms with Gasteiger partial charge in [-0.15, -0.1) is 0 Å². The summed E-state index contributed by atoms with van der Waals surface area (Å²) in [5.74, 6) is 0. The molecule has 1 aliphatic heterocycles. The molecule has 1 saturated heterocycles. The van der Waals surface area contributed by atoms with Crippen molar-refractivity contribution in [2.24, 2.45) is 0 Å². The van der Waals surface area contributed by atoms with Crippen LogP contribution in [0.5, 0.6) is 0 Å². The van der Waals surface area contributed by atoms with Crippen LogP contribution in [0.25, 0.3) is 0 Å². The lowest BCUT2D eigenvalue weighted by molar-refractivity contribution is 0.246. The van der Waals surface area contributed by atoms with Crippen molar-refractivity contribution in [3.05, 3.63) is 24.0 Å². The summed E-state index contributed by atoms with van der Waals surface area (Å²) < 4.78 is 28.9. The first-order valence-electron chi connectivity index (χ1n) is 6.81. The fourth-order valence-corrected chi connectivity index (χ4v) is 3.84. The fraction of sp³-hybridized carbons (Fsp3) is 0.667. The van der Waals surface area contributed by atoms with E-state index < -0.39 is 10.2 Å². The molecule has 0 radical (unpaired) electrons. The van der Waals surface area contributed by atoms with E-state index in [0.717, 1.165) is 19.3 Å². The minimum Gasteiger partial charge on any atom is -0.318 e. The first-order chi connectivity index (χ1) is 9.63. The van der Waals surface area contributed by atoms with E-state index in [1.54, 1.807) is 22.6 Å². The van der Waals surface area contributed by atoms with Gasteiger partial charge in [0.25, 0.3) is 10.2 Å². The lowest BCUT2D eigenvalue weighted by atomic mass is 10.1. The Morgan fingerprint density at radius 1 is 1.45 bits per heavy atom. The van der Waals surface area contributed by atoms with E-state index in [9.17, 15) is 8.42 Å². The standard InChI is InChI=1S/C12H21N5O2S/c1-13-10-12-6-2-3-8-17(12)20(18,19)15-9-11-5-4-7-14-16-11/h4-5,7,12-13,15H,2-3,6,8-10H2,1H3. The molecule has 7 nitrogen and oxygen atoms in total. The maximum Gasteiger partial charge on any atom is 0.280 e. The Hall–Kier alpha value is -1.09. The van der Waals surface area contributed by atoms with Crippen LogP contribution in [0.4, 0.5) is 0 Å². The average Bonchev–Trinajstić information content (AvgIpc) is 2.47. The second-order valence-electron chi connectivity index (χ2n) is 4.86. The summed E-state index contributed by atoms with van der Waals surface area (Å²) in [6, 6.07) is 3.51. The van der Waals surface area contributed by atoms with Crippen molar-refractivity contribution in [2.45, 2.75) is 31.8 Å².